The molecule has 0 radical (unpaired) electrons. The molecule has 5 heteroatoms. The average molecular weight is 739 g/mol. The van der Waals surface area contributed by atoms with E-state index in [2.05, 4.69) is 193 Å². The van der Waals surface area contributed by atoms with Crippen molar-refractivity contribution < 1.29 is 4.74 Å². The van der Waals surface area contributed by atoms with Gasteiger partial charge in [-0.25, -0.2) is 4.98 Å². The zero-order chi connectivity index (χ0) is 36.3. The average Bonchev–Trinajstić information content (AvgIpc) is 3.84. The lowest BCUT2D eigenvalue weighted by Gasteiger charge is -2.35. The monoisotopic (exact) mass is 738 g/mol. The fraction of sp³-hybridized carbons (Fsp3) is 0.0200. The van der Waals surface area contributed by atoms with Gasteiger partial charge >= 0.3 is 0 Å². The maximum Gasteiger partial charge on any atom is 0.179 e. The van der Waals surface area contributed by atoms with Crippen molar-refractivity contribution in [2.24, 2.45) is 0 Å². The number of imidazole rings is 1. The van der Waals surface area contributed by atoms with E-state index in [9.17, 15) is 0 Å². The predicted octanol–water partition coefficient (Wildman–Crippen LogP) is 10.00. The van der Waals surface area contributed by atoms with Crippen molar-refractivity contribution in [3.05, 3.63) is 200 Å². The molecule has 0 saturated carbocycles. The van der Waals surface area contributed by atoms with Crippen molar-refractivity contribution in [2.75, 3.05) is 0 Å². The number of hydrogen-bond donors (Lipinski definition) is 0. The van der Waals surface area contributed by atoms with Crippen LogP contribution in [0.25, 0.3) is 59.1 Å². The lowest BCUT2D eigenvalue weighted by Crippen LogP contribution is -2.74. The molecule has 8 aromatic carbocycles. The maximum absolute atomic E-state index is 6.24. The fourth-order valence-electron chi connectivity index (χ4n) is 8.82. The summed E-state index contributed by atoms with van der Waals surface area (Å²) in [7, 11) is -2.88. The SMILES string of the molecule is c1ccc([Si](c2ccccc2)(c2cccc(-c3ccc4c(c3)-n3c(nc5ccccc53)CO4)c2)c2cccc(-c3cccc4sc5ccccc5c34)c2)cc1. The Kier molecular flexibility index (Phi) is 7.44. The van der Waals surface area contributed by atoms with E-state index in [-0.39, 0.29) is 0 Å². The summed E-state index contributed by atoms with van der Waals surface area (Å²) in [5, 5.41) is 8.04. The summed E-state index contributed by atoms with van der Waals surface area (Å²) in [6, 6.07) is 71.6. The first-order chi connectivity index (χ1) is 27.3. The molecule has 0 amide bonds. The van der Waals surface area contributed by atoms with Crippen LogP contribution in [0.1, 0.15) is 5.82 Å². The first-order valence-electron chi connectivity index (χ1n) is 18.7. The summed E-state index contributed by atoms with van der Waals surface area (Å²) in [6.45, 7) is 0.453. The zero-order valence-electron chi connectivity index (χ0n) is 29.9. The summed E-state index contributed by atoms with van der Waals surface area (Å²) in [5.74, 6) is 1.79. The number of nitrogens with zero attached hydrogens (tertiary/aromatic N) is 2. The first kappa shape index (κ1) is 31.9. The molecule has 11 rings (SSSR count). The van der Waals surface area contributed by atoms with E-state index < -0.39 is 8.07 Å². The number of thiophene rings is 1. The van der Waals surface area contributed by atoms with Crippen LogP contribution in [0.4, 0.5) is 0 Å². The molecule has 0 atom stereocenters. The van der Waals surface area contributed by atoms with Crippen molar-refractivity contribution >= 4 is 71.4 Å². The Hall–Kier alpha value is -6.53. The van der Waals surface area contributed by atoms with Gasteiger partial charge in [0.2, 0.25) is 0 Å². The van der Waals surface area contributed by atoms with Gasteiger partial charge in [0.05, 0.1) is 16.7 Å². The Bertz CT molecular complexity index is 3020. The highest BCUT2D eigenvalue weighted by atomic mass is 32.1. The number of aromatic nitrogens is 2. The third kappa shape index (κ3) is 5.04. The van der Waals surface area contributed by atoms with E-state index in [0.717, 1.165) is 33.9 Å². The van der Waals surface area contributed by atoms with Gasteiger partial charge in [0.15, 0.2) is 13.9 Å². The van der Waals surface area contributed by atoms with Crippen molar-refractivity contribution in [2.45, 2.75) is 6.61 Å². The summed E-state index contributed by atoms with van der Waals surface area (Å²) in [4.78, 5) is 4.90. The molecule has 3 nitrogen and oxygen atoms in total. The molecule has 1 aliphatic rings. The van der Waals surface area contributed by atoms with Gasteiger partial charge in [0, 0.05) is 20.2 Å². The van der Waals surface area contributed by atoms with Gasteiger partial charge in [-0.3, -0.25) is 4.57 Å². The molecule has 10 aromatic rings. The van der Waals surface area contributed by atoms with E-state index >= 15 is 0 Å². The molecule has 0 fully saturated rings. The quantitative estimate of drug-likeness (QED) is 0.126. The van der Waals surface area contributed by atoms with Gasteiger partial charge in [-0.05, 0) is 79.4 Å². The van der Waals surface area contributed by atoms with Crippen LogP contribution in [0.5, 0.6) is 5.75 Å². The van der Waals surface area contributed by atoms with Gasteiger partial charge in [0.1, 0.15) is 12.4 Å². The van der Waals surface area contributed by atoms with Gasteiger partial charge in [-0.2, -0.15) is 0 Å². The topological polar surface area (TPSA) is 27.1 Å². The molecular weight excluding hydrogens is 705 g/mol. The molecule has 2 aromatic heterocycles. The number of para-hydroxylation sites is 2. The molecule has 55 heavy (non-hydrogen) atoms. The second kappa shape index (κ2) is 12.8. The van der Waals surface area contributed by atoms with Crippen LogP contribution in [0.2, 0.25) is 0 Å². The highest BCUT2D eigenvalue weighted by Crippen LogP contribution is 2.40. The van der Waals surface area contributed by atoms with Crippen molar-refractivity contribution in [3.63, 3.8) is 0 Å². The Morgan fingerprint density at radius 2 is 1.13 bits per heavy atom. The molecule has 0 saturated heterocycles. The van der Waals surface area contributed by atoms with Crippen molar-refractivity contribution in [1.29, 1.82) is 0 Å². The van der Waals surface area contributed by atoms with Crippen molar-refractivity contribution in [1.82, 2.24) is 9.55 Å². The van der Waals surface area contributed by atoms with E-state index in [1.807, 2.05) is 17.4 Å². The highest BCUT2D eigenvalue weighted by molar-refractivity contribution is 7.26. The molecule has 0 spiro atoms. The third-order valence-electron chi connectivity index (χ3n) is 11.2. The minimum atomic E-state index is -2.88. The molecule has 0 aliphatic carbocycles. The summed E-state index contributed by atoms with van der Waals surface area (Å²) in [5.41, 5.74) is 7.93. The second-order valence-corrected chi connectivity index (χ2v) is 19.1. The fourth-order valence-corrected chi connectivity index (χ4v) is 14.8. The van der Waals surface area contributed by atoms with Gasteiger partial charge < -0.3 is 4.74 Å². The van der Waals surface area contributed by atoms with E-state index in [1.165, 1.54) is 57.6 Å². The van der Waals surface area contributed by atoms with Crippen LogP contribution in [0.15, 0.2) is 194 Å². The van der Waals surface area contributed by atoms with Crippen LogP contribution in [0.3, 0.4) is 0 Å². The highest BCUT2D eigenvalue weighted by Gasteiger charge is 2.41. The minimum absolute atomic E-state index is 0.453. The molecule has 0 N–H and O–H groups in total. The number of benzene rings is 8. The molecule has 3 heterocycles. The number of hydrogen-bond acceptors (Lipinski definition) is 3. The smallest absolute Gasteiger partial charge is 0.179 e. The second-order valence-electron chi connectivity index (χ2n) is 14.2. The summed E-state index contributed by atoms with van der Waals surface area (Å²) >= 11 is 1.87. The van der Waals surface area contributed by atoms with Crippen LogP contribution < -0.4 is 25.5 Å². The maximum atomic E-state index is 6.24. The van der Waals surface area contributed by atoms with Gasteiger partial charge in [-0.1, -0.05) is 158 Å². The number of ether oxygens (including phenoxy) is 1. The largest absolute Gasteiger partial charge is 0.483 e. The molecule has 0 unspecified atom stereocenters. The number of fused-ring (bicyclic) bond motifs is 8. The van der Waals surface area contributed by atoms with E-state index in [4.69, 9.17) is 9.72 Å². The number of rotatable bonds is 6. The van der Waals surface area contributed by atoms with Gasteiger partial charge in [-0.15, -0.1) is 11.3 Å². The lowest BCUT2D eigenvalue weighted by atomic mass is 10.00. The lowest BCUT2D eigenvalue weighted by molar-refractivity contribution is 0.281. The molecule has 260 valence electrons. The van der Waals surface area contributed by atoms with Gasteiger partial charge in [0.25, 0.3) is 0 Å². The standard InChI is InChI=1S/C50H34N2OSSi/c1-3-16-37(17-4-1)55(38-18-5-2-6-19-38,40-21-12-15-36(31-40)41-23-13-27-48-50(41)42-22-7-10-26-47(42)54-48)39-20-11-14-34(30-39)35-28-29-46-45(32-35)52-44-25-9-8-24-43(44)51-49(52)33-53-46/h1-32H,33H2. The van der Waals surface area contributed by atoms with Crippen LogP contribution in [-0.2, 0) is 6.61 Å². The Morgan fingerprint density at radius 1 is 0.509 bits per heavy atom. The van der Waals surface area contributed by atoms with E-state index in [1.54, 1.807) is 0 Å². The zero-order valence-corrected chi connectivity index (χ0v) is 31.7. The van der Waals surface area contributed by atoms with Crippen molar-refractivity contribution in [3.8, 4) is 33.7 Å². The first-order valence-corrected chi connectivity index (χ1v) is 21.5. The normalized spacial score (nSPS) is 12.4. The van der Waals surface area contributed by atoms with Crippen LogP contribution in [0, 0.1) is 0 Å². The Morgan fingerprint density at radius 3 is 1.93 bits per heavy atom. The molecule has 0 bridgehead atoms. The summed E-state index contributed by atoms with van der Waals surface area (Å²) < 4.78 is 11.1. The minimum Gasteiger partial charge on any atom is -0.483 e. The molecule has 1 aliphatic heterocycles. The summed E-state index contributed by atoms with van der Waals surface area (Å²) in [6.07, 6.45) is 0. The van der Waals surface area contributed by atoms with Crippen LogP contribution in [-0.4, -0.2) is 17.6 Å². The Balaban J connectivity index is 1.14. The third-order valence-corrected chi connectivity index (χ3v) is 17.1. The molecular formula is C50H34N2OSSi. The van der Waals surface area contributed by atoms with Crippen LogP contribution >= 0.6 is 11.3 Å². The van der Waals surface area contributed by atoms with E-state index in [0.29, 0.717) is 6.61 Å². The Labute approximate surface area is 324 Å². The predicted molar refractivity (Wildman–Crippen MR) is 233 cm³/mol.